The van der Waals surface area contributed by atoms with Crippen LogP contribution < -0.4 is 11.1 Å². The Morgan fingerprint density at radius 3 is 2.72 bits per heavy atom. The average Bonchev–Trinajstić information content (AvgIpc) is 3.08. The topological polar surface area (TPSA) is 197 Å². The number of oxime groups is 1. The van der Waals surface area contributed by atoms with Crippen molar-refractivity contribution in [2.75, 3.05) is 18.1 Å². The molecular formula is C13H11ClN6O7S2. The number of aliphatic carboxylic acids is 2. The monoisotopic (exact) mass is 462 g/mol. The fourth-order valence-corrected chi connectivity index (χ4v) is 4.44. The Balaban J connectivity index is 1.78. The number of amides is 2. The maximum absolute atomic E-state index is 12.6. The van der Waals surface area contributed by atoms with Crippen LogP contribution in [0, 0.1) is 0 Å². The number of nitrogen functional groups attached to an aromatic ring is 1. The summed E-state index contributed by atoms with van der Waals surface area (Å²) in [5.74, 6) is -4.36. The number of nitrogens with one attached hydrogen (secondary N) is 1. The molecular weight excluding hydrogens is 452 g/mol. The second kappa shape index (κ2) is 8.22. The molecule has 1 fully saturated rings. The molecule has 2 atom stereocenters. The molecule has 154 valence electrons. The van der Waals surface area contributed by atoms with Crippen LogP contribution in [0.2, 0.25) is 0 Å². The van der Waals surface area contributed by atoms with E-state index in [1.807, 2.05) is 0 Å². The molecule has 29 heavy (non-hydrogen) atoms. The molecule has 1 aromatic rings. The van der Waals surface area contributed by atoms with Gasteiger partial charge in [0.2, 0.25) is 18.1 Å². The molecule has 13 nitrogen and oxygen atoms in total. The van der Waals surface area contributed by atoms with Crippen LogP contribution >= 0.6 is 34.9 Å². The Kier molecular flexibility index (Phi) is 5.90. The number of anilines is 1. The summed E-state index contributed by atoms with van der Waals surface area (Å²) in [6, 6.07) is -1.06. The number of hydrogen-bond acceptors (Lipinski definition) is 11. The van der Waals surface area contributed by atoms with Crippen LogP contribution in [-0.2, 0) is 24.0 Å². The molecule has 5 N–H and O–H groups in total. The minimum atomic E-state index is -1.36. The van der Waals surface area contributed by atoms with Gasteiger partial charge in [-0.25, -0.2) is 9.59 Å². The van der Waals surface area contributed by atoms with Crippen LogP contribution in [0.3, 0.4) is 0 Å². The Morgan fingerprint density at radius 1 is 1.41 bits per heavy atom. The molecule has 1 unspecified atom stereocenters. The van der Waals surface area contributed by atoms with Crippen molar-refractivity contribution < 1.29 is 34.2 Å². The average molecular weight is 463 g/mol. The number of aromatic nitrogens is 2. The maximum atomic E-state index is 12.6. The zero-order valence-corrected chi connectivity index (χ0v) is 16.5. The minimum Gasteiger partial charge on any atom is -0.479 e. The lowest BCUT2D eigenvalue weighted by Gasteiger charge is -2.48. The molecule has 0 saturated carbocycles. The molecule has 2 aliphatic rings. The van der Waals surface area contributed by atoms with E-state index in [-0.39, 0.29) is 27.4 Å². The molecule has 0 spiro atoms. The van der Waals surface area contributed by atoms with Gasteiger partial charge < -0.3 is 26.1 Å². The van der Waals surface area contributed by atoms with E-state index in [1.165, 1.54) is 11.8 Å². The summed E-state index contributed by atoms with van der Waals surface area (Å²) in [5, 5.41) is 23.1. The predicted octanol–water partition coefficient (Wildman–Crippen LogP) is -1.14. The van der Waals surface area contributed by atoms with Gasteiger partial charge in [0.15, 0.2) is 5.13 Å². The normalized spacial score (nSPS) is 21.3. The van der Waals surface area contributed by atoms with Crippen LogP contribution in [0.5, 0.6) is 0 Å². The van der Waals surface area contributed by atoms with Crippen LogP contribution in [0.4, 0.5) is 5.13 Å². The summed E-state index contributed by atoms with van der Waals surface area (Å²) in [5.41, 5.74) is 4.66. The van der Waals surface area contributed by atoms with E-state index >= 15 is 0 Å². The summed E-state index contributed by atoms with van der Waals surface area (Å²) in [6.45, 7) is -0.823. The third kappa shape index (κ3) is 4.10. The fourth-order valence-electron chi connectivity index (χ4n) is 2.46. The summed E-state index contributed by atoms with van der Waals surface area (Å²) in [7, 11) is 0. The van der Waals surface area contributed by atoms with E-state index in [0.717, 1.165) is 16.4 Å². The van der Waals surface area contributed by atoms with Crippen molar-refractivity contribution >= 4 is 69.5 Å². The highest BCUT2D eigenvalue weighted by molar-refractivity contribution is 8.00. The molecule has 1 saturated heterocycles. The molecule has 2 aliphatic heterocycles. The molecule has 3 rings (SSSR count). The first kappa shape index (κ1) is 20.8. The lowest BCUT2D eigenvalue weighted by molar-refractivity contribution is -0.150. The van der Waals surface area contributed by atoms with Gasteiger partial charge in [-0.2, -0.15) is 9.36 Å². The number of carboxylic acid groups (broad SMARTS) is 2. The number of fused-ring (bicyclic) bond motifs is 1. The van der Waals surface area contributed by atoms with Crippen molar-refractivity contribution in [1.82, 2.24) is 19.6 Å². The van der Waals surface area contributed by atoms with Crippen molar-refractivity contribution in [3.8, 4) is 0 Å². The Bertz CT molecular complexity index is 963. The second-order valence-corrected chi connectivity index (χ2v) is 7.83. The SMILES string of the molecule is Nc1nc(C(=NOCC(=O)O)C(=O)NC2C(=O)N3C(C(=O)O)=C(Cl)CS[C@H]23)ns1. The van der Waals surface area contributed by atoms with E-state index in [2.05, 4.69) is 24.7 Å². The van der Waals surface area contributed by atoms with Gasteiger partial charge in [0.25, 0.3) is 11.8 Å². The van der Waals surface area contributed by atoms with Gasteiger partial charge in [0, 0.05) is 17.3 Å². The first-order valence-electron chi connectivity index (χ1n) is 7.59. The van der Waals surface area contributed by atoms with E-state index in [0.29, 0.717) is 0 Å². The molecule has 16 heteroatoms. The quantitative estimate of drug-likeness (QED) is 0.217. The van der Waals surface area contributed by atoms with Crippen LogP contribution in [-0.4, -0.2) is 77.7 Å². The molecule has 0 aromatic carbocycles. The highest BCUT2D eigenvalue weighted by Gasteiger charge is 2.54. The van der Waals surface area contributed by atoms with Crippen molar-refractivity contribution in [2.45, 2.75) is 11.4 Å². The van der Waals surface area contributed by atoms with Crippen LogP contribution in [0.25, 0.3) is 0 Å². The fraction of sp³-hybridized carbons (Fsp3) is 0.308. The number of carboxylic acids is 2. The number of carbonyl (C=O) groups is 4. The summed E-state index contributed by atoms with van der Waals surface area (Å²) in [6.07, 6.45) is 0. The molecule has 1 aromatic heterocycles. The van der Waals surface area contributed by atoms with Crippen molar-refractivity contribution in [2.24, 2.45) is 5.16 Å². The molecule has 0 bridgehead atoms. The molecule has 0 aliphatic carbocycles. The van der Waals surface area contributed by atoms with E-state index in [1.54, 1.807) is 0 Å². The predicted molar refractivity (Wildman–Crippen MR) is 100.0 cm³/mol. The third-order valence-electron chi connectivity index (χ3n) is 3.62. The minimum absolute atomic E-state index is 0.0170. The van der Waals surface area contributed by atoms with Gasteiger partial charge in [0.05, 0.1) is 5.03 Å². The van der Waals surface area contributed by atoms with Crippen molar-refractivity contribution in [3.05, 3.63) is 16.6 Å². The first-order valence-corrected chi connectivity index (χ1v) is 9.79. The standard InChI is InChI=1S/C13H11ClN6O7S2/c14-3-2-28-11-6(10(24)20(11)7(3)12(25)26)16-9(23)5(18-27-1-4(21)22)8-17-13(15)29-19-8/h6,11H,1-2H2,(H,16,23)(H,21,22)(H,25,26)(H2,15,17,19)/t6?,11-/m1/s1. The van der Waals surface area contributed by atoms with Gasteiger partial charge in [-0.05, 0) is 0 Å². The van der Waals surface area contributed by atoms with E-state index in [9.17, 15) is 24.3 Å². The van der Waals surface area contributed by atoms with Crippen LogP contribution in [0.1, 0.15) is 5.82 Å². The lowest BCUT2D eigenvalue weighted by Crippen LogP contribution is -2.71. The summed E-state index contributed by atoms with van der Waals surface area (Å²) >= 11 is 7.83. The number of β-lactam (4-membered cyclic amide) rings is 1. The molecule has 3 heterocycles. The third-order valence-corrected chi connectivity index (χ3v) is 5.92. The number of rotatable bonds is 7. The zero-order chi connectivity index (χ0) is 21.3. The first-order chi connectivity index (χ1) is 13.7. The number of nitrogens with zero attached hydrogens (tertiary/aromatic N) is 4. The maximum Gasteiger partial charge on any atom is 0.353 e. The number of nitrogens with two attached hydrogens (primary N) is 1. The zero-order valence-electron chi connectivity index (χ0n) is 14.1. The number of carbonyl (C=O) groups excluding carboxylic acids is 2. The van der Waals surface area contributed by atoms with Crippen molar-refractivity contribution in [3.63, 3.8) is 0 Å². The number of halogens is 1. The van der Waals surface area contributed by atoms with E-state index < -0.39 is 47.5 Å². The van der Waals surface area contributed by atoms with E-state index in [4.69, 9.17) is 22.4 Å². The Hall–Kier alpha value is -2.91. The van der Waals surface area contributed by atoms with Gasteiger partial charge >= 0.3 is 11.9 Å². The van der Waals surface area contributed by atoms with Gasteiger partial charge in [-0.15, -0.1) is 11.8 Å². The smallest absolute Gasteiger partial charge is 0.353 e. The van der Waals surface area contributed by atoms with Gasteiger partial charge in [0.1, 0.15) is 17.1 Å². The van der Waals surface area contributed by atoms with Gasteiger partial charge in [-0.3, -0.25) is 14.5 Å². The Labute approximate surface area is 174 Å². The highest BCUT2D eigenvalue weighted by Crippen LogP contribution is 2.41. The number of thioether (sulfide) groups is 1. The highest BCUT2D eigenvalue weighted by atomic mass is 35.5. The van der Waals surface area contributed by atoms with Crippen LogP contribution in [0.15, 0.2) is 15.9 Å². The molecule has 2 amide bonds. The second-order valence-electron chi connectivity index (χ2n) is 5.48. The summed E-state index contributed by atoms with van der Waals surface area (Å²) < 4.78 is 3.82. The van der Waals surface area contributed by atoms with Gasteiger partial charge in [-0.1, -0.05) is 16.8 Å². The van der Waals surface area contributed by atoms with Crippen molar-refractivity contribution in [1.29, 1.82) is 0 Å². The summed E-state index contributed by atoms with van der Waals surface area (Å²) in [4.78, 5) is 56.3. The largest absolute Gasteiger partial charge is 0.479 e. The molecule has 0 radical (unpaired) electrons. The Morgan fingerprint density at radius 2 is 2.14 bits per heavy atom. The lowest BCUT2D eigenvalue weighted by atomic mass is 10.0. The number of hydrogen-bond donors (Lipinski definition) is 4.